The molecule has 1 atom stereocenters. The third kappa shape index (κ3) is 3.14. The Morgan fingerprint density at radius 1 is 1.44 bits per heavy atom. The molecule has 1 fully saturated rings. The molecule has 1 rings (SSSR count). The first kappa shape index (κ1) is 15.2. The van der Waals surface area contributed by atoms with Crippen LogP contribution in [0.2, 0.25) is 0 Å². The fraction of sp³-hybridized carbons (Fsp3) is 0.800. The lowest BCUT2D eigenvalue weighted by Crippen LogP contribution is -2.50. The van der Waals surface area contributed by atoms with Gasteiger partial charge >= 0.3 is 5.97 Å². The summed E-state index contributed by atoms with van der Waals surface area (Å²) in [6.45, 7) is 6.08. The zero-order valence-electron chi connectivity index (χ0n) is 11.8. The van der Waals surface area contributed by atoms with E-state index in [9.17, 15) is 9.90 Å². The van der Waals surface area contributed by atoms with Gasteiger partial charge in [-0.3, -0.25) is 4.79 Å². The summed E-state index contributed by atoms with van der Waals surface area (Å²) in [4.78, 5) is 11.0. The third-order valence-corrected chi connectivity index (χ3v) is 4.25. The topological polar surface area (TPSA) is 57.5 Å². The molecule has 0 aliphatic heterocycles. The minimum atomic E-state index is -1.18. The Labute approximate surface area is 110 Å². The molecule has 0 saturated heterocycles. The SMILES string of the molecule is CCCC/C=C1\CCCC(C)(C)C1(O)CC(=O)O. The number of hydrogen-bond donors (Lipinski definition) is 2. The van der Waals surface area contributed by atoms with E-state index >= 15 is 0 Å². The van der Waals surface area contributed by atoms with Crippen LogP contribution >= 0.6 is 0 Å². The molecule has 0 heterocycles. The van der Waals surface area contributed by atoms with Crippen LogP contribution in [-0.2, 0) is 4.79 Å². The maximum absolute atomic E-state index is 11.0. The number of carbonyl (C=O) groups is 1. The van der Waals surface area contributed by atoms with Gasteiger partial charge in [-0.1, -0.05) is 39.7 Å². The van der Waals surface area contributed by atoms with Gasteiger partial charge in [0, 0.05) is 0 Å². The van der Waals surface area contributed by atoms with Crippen LogP contribution in [-0.4, -0.2) is 21.8 Å². The Bertz CT molecular complexity index is 331. The summed E-state index contributed by atoms with van der Waals surface area (Å²) in [7, 11) is 0. The molecule has 0 amide bonds. The van der Waals surface area contributed by atoms with Gasteiger partial charge in [-0.25, -0.2) is 0 Å². The van der Waals surface area contributed by atoms with E-state index in [4.69, 9.17) is 5.11 Å². The zero-order valence-corrected chi connectivity index (χ0v) is 11.8. The quantitative estimate of drug-likeness (QED) is 0.583. The van der Waals surface area contributed by atoms with Crippen LogP contribution in [0.3, 0.4) is 0 Å². The van der Waals surface area contributed by atoms with Crippen molar-refractivity contribution in [1.29, 1.82) is 0 Å². The minimum Gasteiger partial charge on any atom is -0.481 e. The predicted molar refractivity (Wildman–Crippen MR) is 72.4 cm³/mol. The van der Waals surface area contributed by atoms with Gasteiger partial charge in [-0.15, -0.1) is 0 Å². The van der Waals surface area contributed by atoms with Crippen molar-refractivity contribution in [3.8, 4) is 0 Å². The van der Waals surface area contributed by atoms with Crippen LogP contribution in [0.15, 0.2) is 11.6 Å². The molecule has 0 aromatic carbocycles. The number of allylic oxidation sites excluding steroid dienone is 1. The predicted octanol–water partition coefficient (Wildman–Crippen LogP) is 3.52. The fourth-order valence-electron chi connectivity index (χ4n) is 2.89. The van der Waals surface area contributed by atoms with Crippen LogP contribution in [0.5, 0.6) is 0 Å². The number of carboxylic acids is 1. The number of unbranched alkanes of at least 4 members (excludes halogenated alkanes) is 2. The lowest BCUT2D eigenvalue weighted by Gasteiger charge is -2.47. The van der Waals surface area contributed by atoms with Gasteiger partial charge in [-0.2, -0.15) is 0 Å². The van der Waals surface area contributed by atoms with Gasteiger partial charge in [0.15, 0.2) is 0 Å². The van der Waals surface area contributed by atoms with Gasteiger partial charge in [0.1, 0.15) is 5.60 Å². The van der Waals surface area contributed by atoms with Crippen LogP contribution in [0.1, 0.15) is 65.7 Å². The van der Waals surface area contributed by atoms with E-state index < -0.39 is 11.6 Å². The summed E-state index contributed by atoms with van der Waals surface area (Å²) in [5, 5.41) is 19.9. The Morgan fingerprint density at radius 3 is 2.67 bits per heavy atom. The number of rotatable bonds is 5. The lowest BCUT2D eigenvalue weighted by molar-refractivity contribution is -0.147. The Kier molecular flexibility index (Phi) is 4.97. The molecule has 3 nitrogen and oxygen atoms in total. The molecule has 0 spiro atoms. The van der Waals surface area contributed by atoms with E-state index in [-0.39, 0.29) is 11.8 Å². The van der Waals surface area contributed by atoms with E-state index in [0.717, 1.165) is 44.1 Å². The van der Waals surface area contributed by atoms with E-state index in [2.05, 4.69) is 13.0 Å². The summed E-state index contributed by atoms with van der Waals surface area (Å²) in [5.41, 5.74) is -0.596. The molecule has 0 aromatic heterocycles. The van der Waals surface area contributed by atoms with E-state index in [1.807, 2.05) is 13.8 Å². The summed E-state index contributed by atoms with van der Waals surface area (Å²) >= 11 is 0. The number of hydrogen-bond acceptors (Lipinski definition) is 2. The van der Waals surface area contributed by atoms with Gasteiger partial charge in [0.25, 0.3) is 0 Å². The average Bonchev–Trinajstić information content (AvgIpc) is 2.24. The van der Waals surface area contributed by atoms with Crippen LogP contribution in [0, 0.1) is 5.41 Å². The van der Waals surface area contributed by atoms with Crippen molar-refractivity contribution in [3.05, 3.63) is 11.6 Å². The largest absolute Gasteiger partial charge is 0.481 e. The standard InChI is InChI=1S/C15H26O3/c1-4-5-6-8-12-9-7-10-14(2,3)15(12,18)11-13(16)17/h8,18H,4-7,9-11H2,1-3H3,(H,16,17)/b12-8+. The van der Waals surface area contributed by atoms with E-state index in [1.54, 1.807) is 0 Å². The molecular formula is C15H26O3. The van der Waals surface area contributed by atoms with Crippen LogP contribution in [0.4, 0.5) is 0 Å². The first-order valence-corrected chi connectivity index (χ1v) is 6.97. The second-order valence-corrected chi connectivity index (χ2v) is 6.04. The lowest BCUT2D eigenvalue weighted by atomic mass is 9.61. The third-order valence-electron chi connectivity index (χ3n) is 4.25. The summed E-state index contributed by atoms with van der Waals surface area (Å²) < 4.78 is 0. The first-order valence-electron chi connectivity index (χ1n) is 6.97. The minimum absolute atomic E-state index is 0.183. The molecule has 0 radical (unpaired) electrons. The van der Waals surface area contributed by atoms with Crippen molar-refractivity contribution >= 4 is 5.97 Å². The summed E-state index contributed by atoms with van der Waals surface area (Å²) in [6, 6.07) is 0. The summed E-state index contributed by atoms with van der Waals surface area (Å²) in [6.07, 6.45) is 7.78. The zero-order chi connectivity index (χ0) is 13.8. The highest BCUT2D eigenvalue weighted by atomic mass is 16.4. The monoisotopic (exact) mass is 254 g/mol. The highest BCUT2D eigenvalue weighted by Crippen LogP contribution is 2.48. The average molecular weight is 254 g/mol. The van der Waals surface area contributed by atoms with Crippen molar-refractivity contribution in [1.82, 2.24) is 0 Å². The summed E-state index contributed by atoms with van der Waals surface area (Å²) in [5.74, 6) is -0.922. The highest BCUT2D eigenvalue weighted by Gasteiger charge is 2.49. The highest BCUT2D eigenvalue weighted by molar-refractivity contribution is 5.69. The Balaban J connectivity index is 2.98. The maximum atomic E-state index is 11.0. The molecular weight excluding hydrogens is 228 g/mol. The molecule has 1 aliphatic carbocycles. The van der Waals surface area contributed by atoms with Crippen LogP contribution in [0.25, 0.3) is 0 Å². The molecule has 0 aromatic rings. The second-order valence-electron chi connectivity index (χ2n) is 6.04. The molecule has 3 heteroatoms. The van der Waals surface area contributed by atoms with Gasteiger partial charge in [-0.05, 0) is 36.7 Å². The van der Waals surface area contributed by atoms with Crippen molar-refractivity contribution in [2.45, 2.75) is 71.3 Å². The van der Waals surface area contributed by atoms with Gasteiger partial charge in [0.05, 0.1) is 6.42 Å². The number of aliphatic carboxylic acids is 1. The molecule has 2 N–H and O–H groups in total. The molecule has 18 heavy (non-hydrogen) atoms. The number of aliphatic hydroxyl groups is 1. The Morgan fingerprint density at radius 2 is 2.11 bits per heavy atom. The normalized spacial score (nSPS) is 29.4. The molecule has 1 saturated carbocycles. The van der Waals surface area contributed by atoms with Crippen molar-refractivity contribution in [2.24, 2.45) is 5.41 Å². The van der Waals surface area contributed by atoms with Crippen molar-refractivity contribution in [3.63, 3.8) is 0 Å². The van der Waals surface area contributed by atoms with Gasteiger partial charge in [0.2, 0.25) is 0 Å². The van der Waals surface area contributed by atoms with Gasteiger partial charge < -0.3 is 10.2 Å². The molecule has 1 unspecified atom stereocenters. The Hall–Kier alpha value is -0.830. The van der Waals surface area contributed by atoms with E-state index in [1.165, 1.54) is 0 Å². The van der Waals surface area contributed by atoms with Crippen LogP contribution < -0.4 is 0 Å². The maximum Gasteiger partial charge on any atom is 0.306 e. The number of carboxylic acid groups (broad SMARTS) is 1. The molecule has 1 aliphatic rings. The fourth-order valence-corrected chi connectivity index (χ4v) is 2.89. The van der Waals surface area contributed by atoms with Crippen molar-refractivity contribution < 1.29 is 15.0 Å². The first-order chi connectivity index (χ1) is 8.33. The van der Waals surface area contributed by atoms with E-state index in [0.29, 0.717) is 0 Å². The smallest absolute Gasteiger partial charge is 0.306 e. The second kappa shape index (κ2) is 5.87. The molecule has 104 valence electrons. The molecule has 0 bridgehead atoms. The van der Waals surface area contributed by atoms with Crippen molar-refractivity contribution in [2.75, 3.05) is 0 Å².